The van der Waals surface area contributed by atoms with Gasteiger partial charge in [-0.3, -0.25) is 4.55 Å². The van der Waals surface area contributed by atoms with E-state index < -0.39 is 15.4 Å². The maximum absolute atomic E-state index is 10.8. The van der Waals surface area contributed by atoms with E-state index >= 15 is 0 Å². The Bertz CT molecular complexity index is 279. The van der Waals surface area contributed by atoms with Crippen LogP contribution in [0, 0.1) is 11.3 Å². The van der Waals surface area contributed by atoms with Gasteiger partial charge in [-0.15, -0.1) is 0 Å². The highest BCUT2D eigenvalue weighted by atomic mass is 32.2. The fourth-order valence-corrected chi connectivity index (χ4v) is 2.01. The molecule has 0 aromatic heterocycles. The van der Waals surface area contributed by atoms with E-state index in [0.717, 1.165) is 25.7 Å². The average Bonchev–Trinajstić information content (AvgIpc) is 2.08. The fourth-order valence-electron chi connectivity index (χ4n) is 1.26. The lowest BCUT2D eigenvalue weighted by atomic mass is 10.1. The summed E-state index contributed by atoms with van der Waals surface area (Å²) in [4.78, 5) is 0. The normalized spacial score (nSPS) is 13.5. The Balaban J connectivity index is 3.95. The van der Waals surface area contributed by atoms with Gasteiger partial charge in [-0.1, -0.05) is 32.6 Å². The first-order valence-electron chi connectivity index (χ1n) is 4.85. The standard InChI is InChI=1S/C9H17NO3S/c1-2-3-4-5-6-9(7-8-10)14(11,12)13/h9H,2-7H2,1H3,(H,11,12,13). The first-order chi connectivity index (χ1) is 6.52. The van der Waals surface area contributed by atoms with Gasteiger partial charge >= 0.3 is 0 Å². The van der Waals surface area contributed by atoms with Gasteiger partial charge in [0.1, 0.15) is 0 Å². The predicted molar refractivity (Wildman–Crippen MR) is 54.3 cm³/mol. The summed E-state index contributed by atoms with van der Waals surface area (Å²) in [5.41, 5.74) is 0. The van der Waals surface area contributed by atoms with Crippen LogP contribution in [0.2, 0.25) is 0 Å². The zero-order valence-corrected chi connectivity index (χ0v) is 9.26. The lowest BCUT2D eigenvalue weighted by molar-refractivity contribution is 0.457. The van der Waals surface area contributed by atoms with Crippen LogP contribution in [0.3, 0.4) is 0 Å². The fraction of sp³-hybridized carbons (Fsp3) is 0.889. The van der Waals surface area contributed by atoms with Crippen molar-refractivity contribution in [1.82, 2.24) is 0 Å². The minimum absolute atomic E-state index is 0.120. The highest BCUT2D eigenvalue weighted by Gasteiger charge is 2.21. The lowest BCUT2D eigenvalue weighted by Gasteiger charge is -2.09. The van der Waals surface area contributed by atoms with E-state index in [9.17, 15) is 8.42 Å². The maximum atomic E-state index is 10.8. The largest absolute Gasteiger partial charge is 0.285 e. The molecule has 1 atom stereocenters. The van der Waals surface area contributed by atoms with Crippen LogP contribution in [-0.4, -0.2) is 18.2 Å². The number of nitrogens with zero attached hydrogens (tertiary/aromatic N) is 1. The highest BCUT2D eigenvalue weighted by molar-refractivity contribution is 7.86. The molecule has 14 heavy (non-hydrogen) atoms. The van der Waals surface area contributed by atoms with Gasteiger partial charge in [0.25, 0.3) is 10.1 Å². The molecule has 0 saturated heterocycles. The molecule has 1 N–H and O–H groups in total. The third kappa shape index (κ3) is 5.95. The molecule has 5 heteroatoms. The van der Waals surface area contributed by atoms with Crippen molar-refractivity contribution in [2.45, 2.75) is 50.7 Å². The molecule has 0 saturated carbocycles. The summed E-state index contributed by atoms with van der Waals surface area (Å²) in [5, 5.41) is 7.48. The number of rotatable bonds is 7. The van der Waals surface area contributed by atoms with Gasteiger partial charge in [0.2, 0.25) is 0 Å². The molecule has 0 aliphatic heterocycles. The van der Waals surface area contributed by atoms with Crippen molar-refractivity contribution in [3.8, 4) is 6.07 Å². The molecule has 0 amide bonds. The second-order valence-electron chi connectivity index (χ2n) is 3.35. The van der Waals surface area contributed by atoms with Gasteiger partial charge in [0.05, 0.1) is 17.7 Å². The Morgan fingerprint density at radius 2 is 2.00 bits per heavy atom. The summed E-state index contributed by atoms with van der Waals surface area (Å²) in [6.07, 6.45) is 4.10. The van der Waals surface area contributed by atoms with Gasteiger partial charge in [0, 0.05) is 0 Å². The van der Waals surface area contributed by atoms with Crippen molar-refractivity contribution < 1.29 is 13.0 Å². The van der Waals surface area contributed by atoms with E-state index in [1.807, 2.05) is 0 Å². The Kier molecular flexibility index (Phi) is 6.50. The molecule has 0 radical (unpaired) electrons. The Morgan fingerprint density at radius 1 is 1.36 bits per heavy atom. The van der Waals surface area contributed by atoms with E-state index in [1.54, 1.807) is 6.07 Å². The van der Waals surface area contributed by atoms with Crippen LogP contribution >= 0.6 is 0 Å². The molecule has 0 aliphatic carbocycles. The van der Waals surface area contributed by atoms with E-state index in [-0.39, 0.29) is 6.42 Å². The first-order valence-corrected chi connectivity index (χ1v) is 6.36. The molecule has 4 nitrogen and oxygen atoms in total. The summed E-state index contributed by atoms with van der Waals surface area (Å²) >= 11 is 0. The molecule has 0 aliphatic rings. The molecule has 0 fully saturated rings. The topological polar surface area (TPSA) is 78.2 Å². The maximum Gasteiger partial charge on any atom is 0.268 e. The van der Waals surface area contributed by atoms with Crippen LogP contribution in [0.5, 0.6) is 0 Å². The molecular weight excluding hydrogens is 202 g/mol. The lowest BCUT2D eigenvalue weighted by Crippen LogP contribution is -2.19. The monoisotopic (exact) mass is 219 g/mol. The summed E-state index contributed by atoms with van der Waals surface area (Å²) in [6.45, 7) is 2.07. The molecule has 0 spiro atoms. The molecule has 0 rings (SSSR count). The minimum atomic E-state index is -4.04. The molecule has 82 valence electrons. The van der Waals surface area contributed by atoms with Crippen LogP contribution in [0.4, 0.5) is 0 Å². The number of nitriles is 1. The van der Waals surface area contributed by atoms with Crippen molar-refractivity contribution in [1.29, 1.82) is 5.26 Å². The van der Waals surface area contributed by atoms with Crippen molar-refractivity contribution in [3.63, 3.8) is 0 Å². The van der Waals surface area contributed by atoms with Crippen molar-refractivity contribution in [3.05, 3.63) is 0 Å². The van der Waals surface area contributed by atoms with Crippen LogP contribution in [0.25, 0.3) is 0 Å². The molecule has 0 aromatic rings. The predicted octanol–water partition coefficient (Wildman–Crippen LogP) is 2.13. The molecule has 0 bridgehead atoms. The number of unbranched alkanes of at least 4 members (excludes halogenated alkanes) is 3. The molecule has 0 aromatic carbocycles. The highest BCUT2D eigenvalue weighted by Crippen LogP contribution is 2.13. The summed E-state index contributed by atoms with van der Waals surface area (Å²) < 4.78 is 30.4. The van der Waals surface area contributed by atoms with Crippen molar-refractivity contribution >= 4 is 10.1 Å². The smallest absolute Gasteiger partial charge is 0.268 e. The van der Waals surface area contributed by atoms with E-state index in [2.05, 4.69) is 6.92 Å². The van der Waals surface area contributed by atoms with Crippen LogP contribution in [-0.2, 0) is 10.1 Å². The molecule has 0 heterocycles. The quantitative estimate of drug-likeness (QED) is 0.525. The van der Waals surface area contributed by atoms with Crippen LogP contribution < -0.4 is 0 Å². The van der Waals surface area contributed by atoms with Gasteiger partial charge in [-0.2, -0.15) is 13.7 Å². The van der Waals surface area contributed by atoms with Crippen LogP contribution in [0.15, 0.2) is 0 Å². The van der Waals surface area contributed by atoms with E-state index in [4.69, 9.17) is 9.81 Å². The number of hydrogen-bond acceptors (Lipinski definition) is 3. The SMILES string of the molecule is CCCCCCC(CC#N)S(=O)(=O)O. The zero-order valence-electron chi connectivity index (χ0n) is 8.44. The summed E-state index contributed by atoms with van der Waals surface area (Å²) in [6, 6.07) is 1.78. The molecular formula is C9H17NO3S. The average molecular weight is 219 g/mol. The summed E-state index contributed by atoms with van der Waals surface area (Å²) in [5.74, 6) is 0. The van der Waals surface area contributed by atoms with Gasteiger partial charge in [0.15, 0.2) is 0 Å². The minimum Gasteiger partial charge on any atom is -0.285 e. The van der Waals surface area contributed by atoms with E-state index in [0.29, 0.717) is 6.42 Å². The van der Waals surface area contributed by atoms with Crippen molar-refractivity contribution in [2.24, 2.45) is 0 Å². The van der Waals surface area contributed by atoms with Crippen molar-refractivity contribution in [2.75, 3.05) is 0 Å². The zero-order chi connectivity index (χ0) is 11.0. The van der Waals surface area contributed by atoms with E-state index in [1.165, 1.54) is 0 Å². The first kappa shape index (κ1) is 13.4. The van der Waals surface area contributed by atoms with Gasteiger partial charge < -0.3 is 0 Å². The Hall–Kier alpha value is -0.600. The second-order valence-corrected chi connectivity index (χ2v) is 5.05. The second kappa shape index (κ2) is 6.80. The third-order valence-corrected chi connectivity index (χ3v) is 3.36. The van der Waals surface area contributed by atoms with Crippen LogP contribution in [0.1, 0.15) is 45.4 Å². The van der Waals surface area contributed by atoms with Gasteiger partial charge in [-0.05, 0) is 6.42 Å². The van der Waals surface area contributed by atoms with Gasteiger partial charge in [-0.25, -0.2) is 0 Å². The Morgan fingerprint density at radius 3 is 2.43 bits per heavy atom. The molecule has 1 unspecified atom stereocenters. The third-order valence-electron chi connectivity index (χ3n) is 2.12. The summed E-state index contributed by atoms with van der Waals surface area (Å²) in [7, 11) is -4.04. The Labute approximate surface area is 85.7 Å². The number of hydrogen-bond donors (Lipinski definition) is 1.